The number of carboxylic acid groups (broad SMARTS) is 1. The van der Waals surface area contributed by atoms with E-state index in [1.807, 2.05) is 48.5 Å². The first-order valence-electron chi connectivity index (χ1n) is 11.4. The summed E-state index contributed by atoms with van der Waals surface area (Å²) in [5.74, 6) is 0.538. The first-order valence-corrected chi connectivity index (χ1v) is 11.8. The van der Waals surface area contributed by atoms with Gasteiger partial charge >= 0.3 is 5.97 Å². The van der Waals surface area contributed by atoms with Crippen molar-refractivity contribution in [3.05, 3.63) is 88.9 Å². The number of nitrogens with zero attached hydrogens (tertiary/aromatic N) is 1. The van der Waals surface area contributed by atoms with Gasteiger partial charge in [-0.25, -0.2) is 4.79 Å². The van der Waals surface area contributed by atoms with Crippen LogP contribution in [0.2, 0.25) is 5.02 Å². The molecule has 0 radical (unpaired) electrons. The molecule has 2 aliphatic rings. The highest BCUT2D eigenvalue weighted by Gasteiger charge is 2.40. The van der Waals surface area contributed by atoms with Crippen molar-refractivity contribution < 1.29 is 14.6 Å². The highest BCUT2D eigenvalue weighted by atomic mass is 35.5. The van der Waals surface area contributed by atoms with E-state index in [2.05, 4.69) is 22.3 Å². The molecular weight excluding hydrogens is 436 g/mol. The maximum Gasteiger partial charge on any atom is 0.335 e. The van der Waals surface area contributed by atoms with Crippen molar-refractivity contribution in [3.63, 3.8) is 0 Å². The summed E-state index contributed by atoms with van der Waals surface area (Å²) in [7, 11) is 0. The molecule has 2 saturated heterocycles. The number of ether oxygens (including phenoxy) is 1. The first-order chi connectivity index (χ1) is 16.0. The standard InChI is InChI=1S/C27H27ClN2O3/c28-25-3-1-2-4-26(25)33-24-13-9-20(10-14-24)29-21-15-22-11-12-23(16-21)30(22)17-18-5-7-19(8-6-18)27(31)32/h1-10,13-14,21-23,29H,11-12,15-17H2,(H,31,32)/t21?,22-,23+. The normalized spacial score (nSPS) is 22.2. The molecule has 1 unspecified atom stereocenters. The van der Waals surface area contributed by atoms with E-state index in [4.69, 9.17) is 21.4 Å². The number of hydrogen-bond acceptors (Lipinski definition) is 4. The van der Waals surface area contributed by atoms with E-state index in [1.165, 1.54) is 18.4 Å². The highest BCUT2D eigenvalue weighted by Crippen LogP contribution is 2.38. The fourth-order valence-electron chi connectivity index (χ4n) is 5.12. The lowest BCUT2D eigenvalue weighted by Gasteiger charge is -2.39. The maximum absolute atomic E-state index is 11.1. The Morgan fingerprint density at radius 2 is 1.64 bits per heavy atom. The van der Waals surface area contributed by atoms with E-state index in [-0.39, 0.29) is 0 Å². The molecule has 3 atom stereocenters. The van der Waals surface area contributed by atoms with Crippen molar-refractivity contribution in [3.8, 4) is 11.5 Å². The second-order valence-corrected chi connectivity index (χ2v) is 9.34. The minimum atomic E-state index is -0.878. The van der Waals surface area contributed by atoms with Crippen molar-refractivity contribution in [2.75, 3.05) is 5.32 Å². The van der Waals surface area contributed by atoms with Gasteiger partial charge in [0.1, 0.15) is 11.5 Å². The molecule has 33 heavy (non-hydrogen) atoms. The van der Waals surface area contributed by atoms with Crippen molar-refractivity contribution in [2.24, 2.45) is 0 Å². The number of rotatable bonds is 7. The van der Waals surface area contributed by atoms with Gasteiger partial charge in [0, 0.05) is 30.4 Å². The lowest BCUT2D eigenvalue weighted by molar-refractivity contribution is 0.0696. The van der Waals surface area contributed by atoms with Gasteiger partial charge in [-0.2, -0.15) is 0 Å². The second kappa shape index (κ2) is 9.46. The summed E-state index contributed by atoms with van der Waals surface area (Å²) >= 11 is 6.18. The molecule has 0 spiro atoms. The SMILES string of the molecule is O=C(O)c1ccc(CN2[C@@H]3CC[C@H]2CC(Nc2ccc(Oc4ccccc4Cl)cc2)C3)cc1. The van der Waals surface area contributed by atoms with Crippen LogP contribution in [0, 0.1) is 0 Å². The molecule has 5 nitrogen and oxygen atoms in total. The Morgan fingerprint density at radius 3 is 2.27 bits per heavy atom. The van der Waals surface area contributed by atoms with Crippen molar-refractivity contribution in [1.82, 2.24) is 4.90 Å². The van der Waals surface area contributed by atoms with Crippen LogP contribution < -0.4 is 10.1 Å². The van der Waals surface area contributed by atoms with Gasteiger partial charge in [0.15, 0.2) is 0 Å². The number of aromatic carboxylic acids is 1. The van der Waals surface area contributed by atoms with E-state index < -0.39 is 5.97 Å². The van der Waals surface area contributed by atoms with Gasteiger partial charge in [-0.05, 0) is 79.8 Å². The summed E-state index contributed by atoms with van der Waals surface area (Å²) in [6.45, 7) is 0.885. The lowest BCUT2D eigenvalue weighted by atomic mass is 9.96. The Hall–Kier alpha value is -3.02. The topological polar surface area (TPSA) is 61.8 Å². The van der Waals surface area contributed by atoms with Crippen LogP contribution in [0.15, 0.2) is 72.8 Å². The molecule has 6 heteroatoms. The lowest BCUT2D eigenvalue weighted by Crippen LogP contribution is -2.46. The number of carboxylic acids is 1. The molecule has 2 bridgehead atoms. The van der Waals surface area contributed by atoms with Crippen LogP contribution in [0.3, 0.4) is 0 Å². The molecule has 5 rings (SSSR count). The fourth-order valence-corrected chi connectivity index (χ4v) is 5.30. The van der Waals surface area contributed by atoms with Gasteiger partial charge in [-0.15, -0.1) is 0 Å². The van der Waals surface area contributed by atoms with E-state index in [0.717, 1.165) is 30.8 Å². The number of piperidine rings is 1. The molecule has 2 fully saturated rings. The Balaban J connectivity index is 1.17. The molecule has 3 aromatic carbocycles. The zero-order valence-corrected chi connectivity index (χ0v) is 19.0. The van der Waals surface area contributed by atoms with Gasteiger partial charge in [0.25, 0.3) is 0 Å². The molecule has 2 heterocycles. The Labute approximate surface area is 199 Å². The predicted molar refractivity (Wildman–Crippen MR) is 130 cm³/mol. The third-order valence-corrected chi connectivity index (χ3v) is 7.05. The molecule has 3 aromatic rings. The van der Waals surface area contributed by atoms with Gasteiger partial charge in [0.2, 0.25) is 0 Å². The van der Waals surface area contributed by atoms with Crippen LogP contribution in [0.1, 0.15) is 41.6 Å². The van der Waals surface area contributed by atoms with Gasteiger partial charge in [-0.3, -0.25) is 4.90 Å². The van der Waals surface area contributed by atoms with Gasteiger partial charge in [0.05, 0.1) is 10.6 Å². The number of hydrogen-bond donors (Lipinski definition) is 2. The van der Waals surface area contributed by atoms with E-state index in [0.29, 0.717) is 34.5 Å². The largest absolute Gasteiger partial charge is 0.478 e. The van der Waals surface area contributed by atoms with Crippen LogP contribution in [0.5, 0.6) is 11.5 Å². The third-order valence-electron chi connectivity index (χ3n) is 6.74. The number of para-hydroxylation sites is 1. The Morgan fingerprint density at radius 1 is 0.970 bits per heavy atom. The number of nitrogens with one attached hydrogen (secondary N) is 1. The zero-order valence-electron chi connectivity index (χ0n) is 18.3. The van der Waals surface area contributed by atoms with Gasteiger partial charge < -0.3 is 15.2 Å². The minimum absolute atomic E-state index is 0.341. The van der Waals surface area contributed by atoms with Crippen LogP contribution in [-0.4, -0.2) is 34.1 Å². The summed E-state index contributed by atoms with van der Waals surface area (Å²) in [6.07, 6.45) is 4.67. The molecule has 2 N–H and O–H groups in total. The summed E-state index contributed by atoms with van der Waals surface area (Å²) < 4.78 is 5.89. The fraction of sp³-hybridized carbons (Fsp3) is 0.296. The Bertz CT molecular complexity index is 1100. The highest BCUT2D eigenvalue weighted by molar-refractivity contribution is 6.32. The number of fused-ring (bicyclic) bond motifs is 2. The summed E-state index contributed by atoms with van der Waals surface area (Å²) in [5, 5.41) is 13.4. The van der Waals surface area contributed by atoms with E-state index >= 15 is 0 Å². The molecule has 170 valence electrons. The van der Waals surface area contributed by atoms with Crippen molar-refractivity contribution >= 4 is 23.3 Å². The Kier molecular flexibility index (Phi) is 6.25. The number of halogens is 1. The maximum atomic E-state index is 11.1. The summed E-state index contributed by atoms with van der Waals surface area (Å²) in [5.41, 5.74) is 2.62. The first kappa shape index (κ1) is 21.8. The molecule has 2 aliphatic heterocycles. The number of anilines is 1. The number of benzene rings is 3. The van der Waals surface area contributed by atoms with Crippen molar-refractivity contribution in [2.45, 2.75) is 50.4 Å². The van der Waals surface area contributed by atoms with Crippen molar-refractivity contribution in [1.29, 1.82) is 0 Å². The van der Waals surface area contributed by atoms with E-state index in [9.17, 15) is 4.79 Å². The second-order valence-electron chi connectivity index (χ2n) is 8.93. The molecular formula is C27H27ClN2O3. The summed E-state index contributed by atoms with van der Waals surface area (Å²) in [4.78, 5) is 13.7. The van der Waals surface area contributed by atoms with Crippen LogP contribution in [0.25, 0.3) is 0 Å². The van der Waals surface area contributed by atoms with Crippen LogP contribution in [0.4, 0.5) is 5.69 Å². The van der Waals surface area contributed by atoms with E-state index in [1.54, 1.807) is 12.1 Å². The average molecular weight is 463 g/mol. The molecule has 0 saturated carbocycles. The monoisotopic (exact) mass is 462 g/mol. The molecule has 0 aromatic heterocycles. The quantitative estimate of drug-likeness (QED) is 0.423. The van der Waals surface area contributed by atoms with Gasteiger partial charge in [-0.1, -0.05) is 35.9 Å². The minimum Gasteiger partial charge on any atom is -0.478 e. The third kappa shape index (κ3) is 5.00. The predicted octanol–water partition coefficient (Wildman–Crippen LogP) is 6.44. The zero-order chi connectivity index (χ0) is 22.8. The molecule has 0 aliphatic carbocycles. The van der Waals surface area contributed by atoms with Crippen LogP contribution >= 0.6 is 11.6 Å². The summed E-state index contributed by atoms with van der Waals surface area (Å²) in [6, 6.07) is 24.4. The average Bonchev–Trinajstić information content (AvgIpc) is 3.04. The van der Waals surface area contributed by atoms with Crippen LogP contribution in [-0.2, 0) is 6.54 Å². The smallest absolute Gasteiger partial charge is 0.335 e. The molecule has 0 amide bonds. The number of carbonyl (C=O) groups is 1.